The van der Waals surface area contributed by atoms with Crippen LogP contribution in [0.1, 0.15) is 32.8 Å². The molecule has 1 N–H and O–H groups in total. The van der Waals surface area contributed by atoms with Gasteiger partial charge in [0, 0.05) is 17.1 Å². The topological polar surface area (TPSA) is 86.8 Å². The highest BCUT2D eigenvalue weighted by Crippen LogP contribution is 2.23. The van der Waals surface area contributed by atoms with E-state index in [0.29, 0.717) is 10.2 Å². The van der Waals surface area contributed by atoms with Crippen molar-refractivity contribution < 1.29 is 18.0 Å². The molecule has 2 rings (SSSR count). The van der Waals surface area contributed by atoms with E-state index in [0.717, 1.165) is 22.5 Å². The van der Waals surface area contributed by atoms with E-state index in [1.807, 2.05) is 44.2 Å². The standard InChI is InChI=1S/C23H30BrN3O4S/c1-5-17(2)25-23(29)18(3)26(15-19-10-7-6-8-11-19)22(28)16-27(32(4,30)31)21-13-9-12-20(24)14-21/h6-14,17-18H,5,15-16H2,1-4H3,(H,25,29)/t17-,18+/m1/s1. The number of nitrogens with one attached hydrogen (secondary N) is 1. The van der Waals surface area contributed by atoms with Crippen LogP contribution in [0.4, 0.5) is 5.69 Å². The van der Waals surface area contributed by atoms with E-state index in [-0.39, 0.29) is 18.5 Å². The molecule has 0 spiro atoms. The fourth-order valence-corrected chi connectivity index (χ4v) is 4.30. The molecule has 2 aromatic rings. The maximum Gasteiger partial charge on any atom is 0.244 e. The maximum absolute atomic E-state index is 13.4. The van der Waals surface area contributed by atoms with Crippen molar-refractivity contribution in [1.29, 1.82) is 0 Å². The molecule has 2 atom stereocenters. The number of anilines is 1. The molecular formula is C23H30BrN3O4S. The second kappa shape index (κ2) is 11.5. The molecule has 0 fully saturated rings. The van der Waals surface area contributed by atoms with Gasteiger partial charge in [-0.3, -0.25) is 13.9 Å². The van der Waals surface area contributed by atoms with Crippen LogP contribution in [0.25, 0.3) is 0 Å². The van der Waals surface area contributed by atoms with Crippen LogP contribution in [0.2, 0.25) is 0 Å². The molecule has 0 radical (unpaired) electrons. The number of benzene rings is 2. The molecule has 0 heterocycles. The first-order valence-electron chi connectivity index (χ1n) is 10.4. The predicted octanol–water partition coefficient (Wildman–Crippen LogP) is 3.55. The highest BCUT2D eigenvalue weighted by Gasteiger charge is 2.30. The molecule has 0 saturated carbocycles. The van der Waals surface area contributed by atoms with Gasteiger partial charge >= 0.3 is 0 Å². The van der Waals surface area contributed by atoms with Crippen LogP contribution < -0.4 is 9.62 Å². The normalized spacial score (nSPS) is 13.2. The van der Waals surface area contributed by atoms with Gasteiger partial charge in [0.15, 0.2) is 0 Å². The van der Waals surface area contributed by atoms with Crippen LogP contribution >= 0.6 is 15.9 Å². The van der Waals surface area contributed by atoms with Crippen LogP contribution in [-0.4, -0.2) is 50.0 Å². The highest BCUT2D eigenvalue weighted by atomic mass is 79.9. The lowest BCUT2D eigenvalue weighted by Crippen LogP contribution is -2.52. The molecule has 0 saturated heterocycles. The third kappa shape index (κ3) is 7.34. The summed E-state index contributed by atoms with van der Waals surface area (Å²) in [5.74, 6) is -0.747. The van der Waals surface area contributed by atoms with Crippen molar-refractivity contribution in [2.75, 3.05) is 17.1 Å². The second-order valence-electron chi connectivity index (χ2n) is 7.75. The average Bonchev–Trinajstić information content (AvgIpc) is 2.74. The first-order valence-corrected chi connectivity index (χ1v) is 13.0. The van der Waals surface area contributed by atoms with Gasteiger partial charge in [-0.25, -0.2) is 8.42 Å². The zero-order valence-electron chi connectivity index (χ0n) is 18.8. The maximum atomic E-state index is 13.4. The molecule has 0 aromatic heterocycles. The van der Waals surface area contributed by atoms with Crippen LogP contribution in [0.5, 0.6) is 0 Å². The van der Waals surface area contributed by atoms with Crippen molar-refractivity contribution in [1.82, 2.24) is 10.2 Å². The summed E-state index contributed by atoms with van der Waals surface area (Å²) in [4.78, 5) is 27.6. The van der Waals surface area contributed by atoms with Gasteiger partial charge in [0.1, 0.15) is 12.6 Å². The largest absolute Gasteiger partial charge is 0.352 e. The van der Waals surface area contributed by atoms with Gasteiger partial charge in [0.2, 0.25) is 21.8 Å². The minimum atomic E-state index is -3.74. The van der Waals surface area contributed by atoms with Gasteiger partial charge < -0.3 is 10.2 Å². The summed E-state index contributed by atoms with van der Waals surface area (Å²) >= 11 is 3.34. The quantitative estimate of drug-likeness (QED) is 0.515. The van der Waals surface area contributed by atoms with Gasteiger partial charge in [-0.1, -0.05) is 59.3 Å². The Balaban J connectivity index is 2.35. The zero-order valence-corrected chi connectivity index (χ0v) is 21.2. The van der Waals surface area contributed by atoms with Gasteiger partial charge in [0.05, 0.1) is 11.9 Å². The molecule has 0 aliphatic heterocycles. The summed E-state index contributed by atoms with van der Waals surface area (Å²) in [6, 6.07) is 15.2. The lowest BCUT2D eigenvalue weighted by atomic mass is 10.1. The van der Waals surface area contributed by atoms with E-state index >= 15 is 0 Å². The Morgan fingerprint density at radius 1 is 1.06 bits per heavy atom. The van der Waals surface area contributed by atoms with Gasteiger partial charge in [-0.2, -0.15) is 0 Å². The fraction of sp³-hybridized carbons (Fsp3) is 0.391. The summed E-state index contributed by atoms with van der Waals surface area (Å²) in [5, 5.41) is 2.90. The second-order valence-corrected chi connectivity index (χ2v) is 10.6. The Kier molecular flexibility index (Phi) is 9.27. The molecule has 0 aliphatic rings. The Morgan fingerprint density at radius 3 is 2.28 bits per heavy atom. The van der Waals surface area contributed by atoms with E-state index in [2.05, 4.69) is 21.2 Å². The summed E-state index contributed by atoms with van der Waals surface area (Å²) in [6.45, 7) is 5.29. The number of carbonyl (C=O) groups excluding carboxylic acids is 2. The number of hydrogen-bond acceptors (Lipinski definition) is 4. The number of rotatable bonds is 10. The van der Waals surface area contributed by atoms with E-state index < -0.39 is 28.5 Å². The van der Waals surface area contributed by atoms with E-state index in [1.165, 1.54) is 4.90 Å². The number of sulfonamides is 1. The van der Waals surface area contributed by atoms with Crippen LogP contribution in [0, 0.1) is 0 Å². The highest BCUT2D eigenvalue weighted by molar-refractivity contribution is 9.10. The zero-order chi connectivity index (χ0) is 23.9. The summed E-state index contributed by atoms with van der Waals surface area (Å²) < 4.78 is 26.8. The van der Waals surface area contributed by atoms with Crippen molar-refractivity contribution in [3.05, 3.63) is 64.6 Å². The number of nitrogens with zero attached hydrogens (tertiary/aromatic N) is 2. The molecule has 2 amide bonds. The monoisotopic (exact) mass is 523 g/mol. The van der Waals surface area contributed by atoms with Crippen LogP contribution in [0.15, 0.2) is 59.1 Å². The molecule has 0 aliphatic carbocycles. The lowest BCUT2D eigenvalue weighted by molar-refractivity contribution is -0.139. The van der Waals surface area contributed by atoms with E-state index in [4.69, 9.17) is 0 Å². The smallest absolute Gasteiger partial charge is 0.244 e. The van der Waals surface area contributed by atoms with Crippen molar-refractivity contribution in [3.8, 4) is 0 Å². The van der Waals surface area contributed by atoms with Crippen LogP contribution in [-0.2, 0) is 26.2 Å². The average molecular weight is 524 g/mol. The third-order valence-corrected chi connectivity index (χ3v) is 6.77. The summed E-state index contributed by atoms with van der Waals surface area (Å²) in [7, 11) is -3.74. The molecule has 0 bridgehead atoms. The molecule has 2 aromatic carbocycles. The Labute approximate surface area is 199 Å². The van der Waals surface area contributed by atoms with Crippen molar-refractivity contribution in [2.24, 2.45) is 0 Å². The molecule has 7 nitrogen and oxygen atoms in total. The number of halogens is 1. The number of carbonyl (C=O) groups is 2. The SMILES string of the molecule is CC[C@@H](C)NC(=O)[C@H](C)N(Cc1ccccc1)C(=O)CN(c1cccc(Br)c1)S(C)(=O)=O. The predicted molar refractivity (Wildman–Crippen MR) is 131 cm³/mol. The minimum absolute atomic E-state index is 0.0344. The number of hydrogen-bond donors (Lipinski definition) is 1. The van der Waals surface area contributed by atoms with Gasteiger partial charge in [0.25, 0.3) is 0 Å². The molecule has 9 heteroatoms. The Hall–Kier alpha value is -2.39. The Morgan fingerprint density at radius 2 is 1.72 bits per heavy atom. The van der Waals surface area contributed by atoms with Crippen molar-refractivity contribution in [2.45, 2.75) is 45.8 Å². The number of amides is 2. The van der Waals surface area contributed by atoms with E-state index in [9.17, 15) is 18.0 Å². The van der Waals surface area contributed by atoms with Gasteiger partial charge in [-0.15, -0.1) is 0 Å². The molecular weight excluding hydrogens is 494 g/mol. The van der Waals surface area contributed by atoms with Crippen LogP contribution in [0.3, 0.4) is 0 Å². The first-order chi connectivity index (χ1) is 15.0. The summed E-state index contributed by atoms with van der Waals surface area (Å²) in [6.07, 6.45) is 1.82. The first kappa shape index (κ1) is 25.9. The van der Waals surface area contributed by atoms with Crippen molar-refractivity contribution in [3.63, 3.8) is 0 Å². The Bertz CT molecular complexity index is 1030. The van der Waals surface area contributed by atoms with Crippen molar-refractivity contribution >= 4 is 43.5 Å². The fourth-order valence-electron chi connectivity index (χ4n) is 3.07. The minimum Gasteiger partial charge on any atom is -0.352 e. The summed E-state index contributed by atoms with van der Waals surface area (Å²) in [5.41, 5.74) is 1.21. The lowest BCUT2D eigenvalue weighted by Gasteiger charge is -2.32. The molecule has 174 valence electrons. The third-order valence-electron chi connectivity index (χ3n) is 5.14. The molecule has 0 unspecified atom stereocenters. The van der Waals surface area contributed by atoms with E-state index in [1.54, 1.807) is 31.2 Å². The van der Waals surface area contributed by atoms with Gasteiger partial charge in [-0.05, 0) is 44.0 Å². The molecule has 32 heavy (non-hydrogen) atoms.